The van der Waals surface area contributed by atoms with E-state index in [2.05, 4.69) is 26.2 Å². The molecular formula is C13H10BrClN2O. The van der Waals surface area contributed by atoms with Gasteiger partial charge in [-0.25, -0.2) is 4.98 Å². The van der Waals surface area contributed by atoms with Crippen LogP contribution in [0.3, 0.4) is 0 Å². The molecule has 1 heterocycles. The first-order valence-corrected chi connectivity index (χ1v) is 6.47. The van der Waals surface area contributed by atoms with Crippen LogP contribution in [0.25, 0.3) is 0 Å². The lowest BCUT2D eigenvalue weighted by Crippen LogP contribution is -2.23. The molecule has 18 heavy (non-hydrogen) atoms. The van der Waals surface area contributed by atoms with Crippen LogP contribution in [0.2, 0.25) is 5.02 Å². The fraction of sp³-hybridized carbons (Fsp3) is 0.0769. The molecule has 1 aromatic carbocycles. The summed E-state index contributed by atoms with van der Waals surface area (Å²) >= 11 is 9.01. The zero-order valence-electron chi connectivity index (χ0n) is 9.36. The highest BCUT2D eigenvalue weighted by Crippen LogP contribution is 2.10. The average molecular weight is 326 g/mol. The number of nitrogens with zero attached hydrogens (tertiary/aromatic N) is 1. The Morgan fingerprint density at radius 3 is 2.61 bits per heavy atom. The number of rotatable bonds is 3. The van der Waals surface area contributed by atoms with E-state index in [4.69, 9.17) is 11.6 Å². The van der Waals surface area contributed by atoms with Crippen molar-refractivity contribution < 1.29 is 4.79 Å². The first kappa shape index (κ1) is 13.1. The molecule has 0 aliphatic rings. The molecule has 0 fully saturated rings. The molecule has 92 valence electrons. The Labute approximate surface area is 118 Å². The molecule has 3 nitrogen and oxygen atoms in total. The van der Waals surface area contributed by atoms with Gasteiger partial charge < -0.3 is 5.32 Å². The highest BCUT2D eigenvalue weighted by Gasteiger charge is 2.06. The van der Waals surface area contributed by atoms with Crippen LogP contribution >= 0.6 is 27.5 Å². The van der Waals surface area contributed by atoms with Crippen molar-refractivity contribution in [3.63, 3.8) is 0 Å². The van der Waals surface area contributed by atoms with Gasteiger partial charge in [-0.1, -0.05) is 29.8 Å². The number of amides is 1. The van der Waals surface area contributed by atoms with Gasteiger partial charge in [0.05, 0.1) is 0 Å². The molecule has 0 radical (unpaired) electrons. The summed E-state index contributed by atoms with van der Waals surface area (Å²) in [6, 6.07) is 12.5. The quantitative estimate of drug-likeness (QED) is 0.879. The van der Waals surface area contributed by atoms with E-state index in [1.165, 1.54) is 0 Å². The van der Waals surface area contributed by atoms with Gasteiger partial charge in [0.15, 0.2) is 0 Å². The lowest BCUT2D eigenvalue weighted by Gasteiger charge is -2.05. The molecule has 0 unspecified atom stereocenters. The van der Waals surface area contributed by atoms with Gasteiger partial charge >= 0.3 is 0 Å². The first-order valence-electron chi connectivity index (χ1n) is 5.30. The summed E-state index contributed by atoms with van der Waals surface area (Å²) in [5, 5.41) is 3.48. The third kappa shape index (κ3) is 3.55. The van der Waals surface area contributed by atoms with Gasteiger partial charge in [-0.3, -0.25) is 4.79 Å². The minimum Gasteiger partial charge on any atom is -0.347 e. The Balaban J connectivity index is 1.98. The van der Waals surface area contributed by atoms with E-state index in [9.17, 15) is 4.79 Å². The minimum atomic E-state index is -0.203. The molecule has 2 rings (SSSR count). The van der Waals surface area contributed by atoms with Crippen LogP contribution in [-0.2, 0) is 6.54 Å². The average Bonchev–Trinajstić information content (AvgIpc) is 2.38. The smallest absolute Gasteiger partial charge is 0.270 e. The fourth-order valence-electron chi connectivity index (χ4n) is 1.41. The molecular weight excluding hydrogens is 316 g/mol. The van der Waals surface area contributed by atoms with E-state index >= 15 is 0 Å². The summed E-state index contributed by atoms with van der Waals surface area (Å²) in [6.07, 6.45) is 0. The number of carbonyl (C=O) groups excluding carboxylic acids is 1. The van der Waals surface area contributed by atoms with E-state index in [0.29, 0.717) is 21.9 Å². The van der Waals surface area contributed by atoms with Crippen LogP contribution in [0.15, 0.2) is 47.1 Å². The molecule has 0 saturated heterocycles. The fourth-order valence-corrected chi connectivity index (χ4v) is 1.88. The topological polar surface area (TPSA) is 42.0 Å². The molecule has 0 bridgehead atoms. The van der Waals surface area contributed by atoms with Crippen molar-refractivity contribution in [2.24, 2.45) is 0 Å². The van der Waals surface area contributed by atoms with Crippen LogP contribution in [0.1, 0.15) is 16.1 Å². The summed E-state index contributed by atoms with van der Waals surface area (Å²) in [4.78, 5) is 15.9. The molecule has 5 heteroatoms. The van der Waals surface area contributed by atoms with Crippen molar-refractivity contribution in [3.05, 3.63) is 63.3 Å². The van der Waals surface area contributed by atoms with Crippen molar-refractivity contribution in [2.75, 3.05) is 0 Å². The van der Waals surface area contributed by atoms with Crippen LogP contribution in [-0.4, -0.2) is 10.9 Å². The Morgan fingerprint density at radius 2 is 1.94 bits per heavy atom. The number of benzene rings is 1. The Kier molecular flexibility index (Phi) is 4.33. The number of aromatic nitrogens is 1. The molecule has 1 amide bonds. The summed E-state index contributed by atoms with van der Waals surface area (Å²) in [7, 11) is 0. The molecule has 0 aliphatic carbocycles. The highest BCUT2D eigenvalue weighted by atomic mass is 79.9. The number of hydrogen-bond donors (Lipinski definition) is 1. The van der Waals surface area contributed by atoms with Crippen LogP contribution in [0, 0.1) is 0 Å². The van der Waals surface area contributed by atoms with E-state index < -0.39 is 0 Å². The van der Waals surface area contributed by atoms with Gasteiger partial charge in [0, 0.05) is 11.6 Å². The number of pyridine rings is 1. The van der Waals surface area contributed by atoms with Crippen molar-refractivity contribution in [1.82, 2.24) is 10.3 Å². The van der Waals surface area contributed by atoms with Gasteiger partial charge in [-0.05, 0) is 45.8 Å². The SMILES string of the molecule is O=C(NCc1ccc(Cl)cc1)c1cccc(Br)n1. The zero-order valence-corrected chi connectivity index (χ0v) is 11.7. The van der Waals surface area contributed by atoms with Crippen LogP contribution < -0.4 is 5.32 Å². The Bertz CT molecular complexity index is 557. The van der Waals surface area contributed by atoms with Gasteiger partial charge in [-0.15, -0.1) is 0 Å². The Morgan fingerprint density at radius 1 is 1.22 bits per heavy atom. The largest absolute Gasteiger partial charge is 0.347 e. The van der Waals surface area contributed by atoms with Crippen molar-refractivity contribution in [3.8, 4) is 0 Å². The lowest BCUT2D eigenvalue weighted by molar-refractivity contribution is 0.0946. The number of carbonyl (C=O) groups is 1. The summed E-state index contributed by atoms with van der Waals surface area (Å²) in [6.45, 7) is 0.449. The van der Waals surface area contributed by atoms with E-state index in [1.54, 1.807) is 30.3 Å². The third-order valence-electron chi connectivity index (χ3n) is 2.31. The molecule has 1 N–H and O–H groups in total. The maximum absolute atomic E-state index is 11.8. The Hall–Kier alpha value is -1.39. The predicted molar refractivity (Wildman–Crippen MR) is 74.6 cm³/mol. The van der Waals surface area contributed by atoms with Gasteiger partial charge in [0.2, 0.25) is 0 Å². The lowest BCUT2D eigenvalue weighted by atomic mass is 10.2. The molecule has 0 atom stereocenters. The monoisotopic (exact) mass is 324 g/mol. The maximum Gasteiger partial charge on any atom is 0.270 e. The maximum atomic E-state index is 11.8. The second kappa shape index (κ2) is 5.98. The van der Waals surface area contributed by atoms with Crippen LogP contribution in [0.5, 0.6) is 0 Å². The van der Waals surface area contributed by atoms with Crippen molar-refractivity contribution in [2.45, 2.75) is 6.54 Å². The van der Waals surface area contributed by atoms with E-state index in [1.807, 2.05) is 12.1 Å². The number of halogens is 2. The van der Waals surface area contributed by atoms with Crippen molar-refractivity contribution >= 4 is 33.4 Å². The van der Waals surface area contributed by atoms with Gasteiger partial charge in [0.25, 0.3) is 5.91 Å². The van der Waals surface area contributed by atoms with Gasteiger partial charge in [-0.2, -0.15) is 0 Å². The second-order valence-corrected chi connectivity index (χ2v) is 4.90. The third-order valence-corrected chi connectivity index (χ3v) is 3.01. The number of hydrogen-bond acceptors (Lipinski definition) is 2. The summed E-state index contributed by atoms with van der Waals surface area (Å²) in [5.74, 6) is -0.203. The number of nitrogens with one attached hydrogen (secondary N) is 1. The molecule has 0 aliphatic heterocycles. The minimum absolute atomic E-state index is 0.203. The molecule has 0 saturated carbocycles. The molecule has 1 aromatic heterocycles. The second-order valence-electron chi connectivity index (χ2n) is 3.65. The first-order chi connectivity index (χ1) is 8.65. The van der Waals surface area contributed by atoms with E-state index in [0.717, 1.165) is 5.56 Å². The predicted octanol–water partition coefficient (Wildman–Crippen LogP) is 3.43. The zero-order chi connectivity index (χ0) is 13.0. The van der Waals surface area contributed by atoms with Crippen molar-refractivity contribution in [1.29, 1.82) is 0 Å². The van der Waals surface area contributed by atoms with Crippen LogP contribution in [0.4, 0.5) is 0 Å². The summed E-state index contributed by atoms with van der Waals surface area (Å²) in [5.41, 5.74) is 1.38. The summed E-state index contributed by atoms with van der Waals surface area (Å²) < 4.78 is 0.640. The highest BCUT2D eigenvalue weighted by molar-refractivity contribution is 9.10. The molecule has 0 spiro atoms. The van der Waals surface area contributed by atoms with E-state index in [-0.39, 0.29) is 5.91 Å². The standard InChI is InChI=1S/C13H10BrClN2O/c14-12-3-1-2-11(17-12)13(18)16-8-9-4-6-10(15)7-5-9/h1-7H,8H2,(H,16,18). The normalized spacial score (nSPS) is 10.1. The van der Waals surface area contributed by atoms with Gasteiger partial charge in [0.1, 0.15) is 10.3 Å². The molecule has 2 aromatic rings.